The molecule has 12 atom stereocenters. The van der Waals surface area contributed by atoms with Crippen molar-refractivity contribution in [3.8, 4) is 0 Å². The molecule has 4 heterocycles. The average molecular weight is 687 g/mol. The monoisotopic (exact) mass is 686 g/mol. The van der Waals surface area contributed by atoms with Gasteiger partial charge in [0.15, 0.2) is 43.3 Å². The van der Waals surface area contributed by atoms with Gasteiger partial charge in [0, 0.05) is 38.8 Å². The fourth-order valence-corrected chi connectivity index (χ4v) is 6.29. The highest BCUT2D eigenvalue weighted by Crippen LogP contribution is 2.41. The van der Waals surface area contributed by atoms with Crippen molar-refractivity contribution in [3.63, 3.8) is 0 Å². The number of esters is 4. The van der Waals surface area contributed by atoms with Crippen LogP contribution < -0.4 is 0 Å². The van der Waals surface area contributed by atoms with Crippen LogP contribution in [0.1, 0.15) is 51.4 Å². The molecule has 264 valence electrons. The van der Waals surface area contributed by atoms with Crippen LogP contribution in [0.2, 0.25) is 0 Å². The van der Waals surface area contributed by atoms with Crippen molar-refractivity contribution in [2.75, 3.05) is 13.2 Å². The lowest BCUT2D eigenvalue weighted by Crippen LogP contribution is -2.68. The lowest BCUT2D eigenvalue weighted by atomic mass is 9.95. The lowest BCUT2D eigenvalue weighted by molar-refractivity contribution is -0.401. The molecule has 2 aromatic rings. The number of hydrogen-bond acceptors (Lipinski definition) is 15. The Bertz CT molecular complexity index is 1470. The molecule has 2 aromatic carbocycles. The van der Waals surface area contributed by atoms with Crippen molar-refractivity contribution < 1.29 is 71.3 Å². The zero-order chi connectivity index (χ0) is 34.7. The number of rotatable bonds is 8. The summed E-state index contributed by atoms with van der Waals surface area (Å²) in [5, 5.41) is 0. The van der Waals surface area contributed by atoms with Crippen molar-refractivity contribution in [1.29, 1.82) is 0 Å². The minimum absolute atomic E-state index is 0.00197. The summed E-state index contributed by atoms with van der Waals surface area (Å²) < 4.78 is 65.9. The number of fused-ring (bicyclic) bond motifs is 2. The van der Waals surface area contributed by atoms with E-state index in [2.05, 4.69) is 0 Å². The largest absolute Gasteiger partial charge is 0.457 e. The third-order valence-electron chi connectivity index (χ3n) is 8.19. The Morgan fingerprint density at radius 3 is 1.37 bits per heavy atom. The highest BCUT2D eigenvalue weighted by Gasteiger charge is 2.59. The van der Waals surface area contributed by atoms with Crippen molar-refractivity contribution in [2.24, 2.45) is 0 Å². The van der Waals surface area contributed by atoms with Gasteiger partial charge in [-0.05, 0) is 0 Å². The minimum atomic E-state index is -1.50. The third kappa shape index (κ3) is 8.10. The molecule has 0 aromatic heterocycles. The van der Waals surface area contributed by atoms with E-state index in [1.54, 1.807) is 0 Å². The van der Waals surface area contributed by atoms with E-state index in [1.807, 2.05) is 60.7 Å². The number of benzene rings is 2. The van der Waals surface area contributed by atoms with Gasteiger partial charge >= 0.3 is 23.9 Å². The van der Waals surface area contributed by atoms with E-state index in [1.165, 1.54) is 27.7 Å². The molecule has 4 fully saturated rings. The number of carbonyl (C=O) groups excluding carboxylic acids is 4. The first kappa shape index (κ1) is 34.9. The second kappa shape index (κ2) is 15.3. The SMILES string of the molecule is CC(=O)O[C@H]1O[C@@H]2CO[C@H](c3ccccc3)O[C@@H]2[C@H](OC(C)=O)[C@H]1O[C@@H]1O[C@@H]2CO[C@H](c3ccccc3)O[C@@H]2[C@H](OC(C)=O)[C@H]1OC(C)=O. The van der Waals surface area contributed by atoms with Gasteiger partial charge in [0.05, 0.1) is 13.2 Å². The summed E-state index contributed by atoms with van der Waals surface area (Å²) in [5.41, 5.74) is 1.41. The highest BCUT2D eigenvalue weighted by atomic mass is 16.8. The molecule has 0 bridgehead atoms. The van der Waals surface area contributed by atoms with Crippen LogP contribution in [0.4, 0.5) is 0 Å². The number of carbonyl (C=O) groups is 4. The molecule has 4 aliphatic heterocycles. The lowest BCUT2D eigenvalue weighted by Gasteiger charge is -2.51. The average Bonchev–Trinajstić information content (AvgIpc) is 3.07. The van der Waals surface area contributed by atoms with Gasteiger partial charge in [-0.1, -0.05) is 60.7 Å². The van der Waals surface area contributed by atoms with Crippen molar-refractivity contribution in [1.82, 2.24) is 0 Å². The first-order valence-corrected chi connectivity index (χ1v) is 15.9. The molecule has 15 heteroatoms. The minimum Gasteiger partial charge on any atom is -0.457 e. The van der Waals surface area contributed by atoms with Crippen LogP contribution in [0.15, 0.2) is 60.7 Å². The molecular weight excluding hydrogens is 648 g/mol. The van der Waals surface area contributed by atoms with Gasteiger partial charge in [0.1, 0.15) is 24.4 Å². The molecule has 4 aliphatic rings. The predicted octanol–water partition coefficient (Wildman–Crippen LogP) is 2.41. The second-order valence-corrected chi connectivity index (χ2v) is 11.9. The van der Waals surface area contributed by atoms with E-state index in [0.717, 1.165) is 0 Å². The zero-order valence-corrected chi connectivity index (χ0v) is 27.2. The molecule has 49 heavy (non-hydrogen) atoms. The Morgan fingerprint density at radius 2 is 0.918 bits per heavy atom. The predicted molar refractivity (Wildman–Crippen MR) is 161 cm³/mol. The van der Waals surface area contributed by atoms with Crippen LogP contribution >= 0.6 is 0 Å². The molecule has 0 spiro atoms. The van der Waals surface area contributed by atoms with Crippen LogP contribution in [0.25, 0.3) is 0 Å². The fraction of sp³-hybridized carbons (Fsp3) is 0.529. The van der Waals surface area contributed by atoms with Gasteiger partial charge in [0.25, 0.3) is 0 Å². The Hall–Kier alpha value is -3.96. The molecule has 0 aliphatic carbocycles. The Balaban J connectivity index is 1.32. The van der Waals surface area contributed by atoms with E-state index in [4.69, 9.17) is 52.1 Å². The van der Waals surface area contributed by atoms with Crippen LogP contribution in [0, 0.1) is 0 Å². The van der Waals surface area contributed by atoms with Gasteiger partial charge < -0.3 is 52.1 Å². The van der Waals surface area contributed by atoms with E-state index in [9.17, 15) is 19.2 Å². The number of ether oxygens (including phenoxy) is 11. The molecule has 0 saturated carbocycles. The summed E-state index contributed by atoms with van der Waals surface area (Å²) in [6.45, 7) is 4.72. The van der Waals surface area contributed by atoms with Gasteiger partial charge in [-0.2, -0.15) is 0 Å². The van der Waals surface area contributed by atoms with E-state index >= 15 is 0 Å². The molecule has 0 amide bonds. The number of hydrogen-bond donors (Lipinski definition) is 0. The molecule has 0 unspecified atom stereocenters. The molecule has 0 radical (unpaired) electrons. The zero-order valence-electron chi connectivity index (χ0n) is 27.2. The summed E-state index contributed by atoms with van der Waals surface area (Å²) in [4.78, 5) is 49.7. The van der Waals surface area contributed by atoms with Gasteiger partial charge in [-0.15, -0.1) is 0 Å². The maximum absolute atomic E-state index is 12.5. The van der Waals surface area contributed by atoms with Crippen molar-refractivity contribution in [3.05, 3.63) is 71.8 Å². The van der Waals surface area contributed by atoms with Crippen molar-refractivity contribution in [2.45, 2.75) is 102 Å². The molecule has 6 rings (SSSR count). The smallest absolute Gasteiger partial charge is 0.305 e. The van der Waals surface area contributed by atoms with E-state index in [-0.39, 0.29) is 13.2 Å². The van der Waals surface area contributed by atoms with E-state index in [0.29, 0.717) is 11.1 Å². The molecule has 0 N–H and O–H groups in total. The Kier molecular flexibility index (Phi) is 10.9. The quantitative estimate of drug-likeness (QED) is 0.293. The van der Waals surface area contributed by atoms with Gasteiger partial charge in [-0.25, -0.2) is 0 Å². The summed E-state index contributed by atoms with van der Waals surface area (Å²) in [7, 11) is 0. The summed E-state index contributed by atoms with van der Waals surface area (Å²) in [6, 6.07) is 18.2. The fourth-order valence-electron chi connectivity index (χ4n) is 6.29. The molecule has 4 saturated heterocycles. The van der Waals surface area contributed by atoms with Crippen LogP contribution in [0.5, 0.6) is 0 Å². The normalized spacial score (nSPS) is 35.5. The highest BCUT2D eigenvalue weighted by molar-refractivity contribution is 5.68. The topological polar surface area (TPSA) is 170 Å². The van der Waals surface area contributed by atoms with Crippen LogP contribution in [-0.4, -0.2) is 98.5 Å². The molecule has 15 nitrogen and oxygen atoms in total. The van der Waals surface area contributed by atoms with Gasteiger partial charge in [-0.3, -0.25) is 19.2 Å². The summed E-state index contributed by atoms with van der Waals surface area (Å²) >= 11 is 0. The third-order valence-corrected chi connectivity index (χ3v) is 8.19. The first-order valence-electron chi connectivity index (χ1n) is 15.9. The maximum Gasteiger partial charge on any atom is 0.305 e. The first-order chi connectivity index (χ1) is 23.6. The Labute approximate surface area is 281 Å². The Morgan fingerprint density at radius 1 is 0.510 bits per heavy atom. The van der Waals surface area contributed by atoms with E-state index < -0.39 is 97.9 Å². The van der Waals surface area contributed by atoms with Crippen LogP contribution in [0.3, 0.4) is 0 Å². The standard InChI is InChI=1S/C34H38O15/c1-17(35)41-27-25-24(16-40-31(47-25)21-11-7-5-8-12-21)46-34(29(27)43-19(3)37)49-30-28(42-18(2)36)26-23(45-33(30)44-20(4)38)15-39-32(48-26)22-13-9-6-10-14-22/h5-14,23-34H,15-16H2,1-4H3/t23-,24-,25+,26+,27+,28+,29-,30-,31+,32+,33+,34+/m1/s1. The van der Waals surface area contributed by atoms with Crippen LogP contribution in [-0.2, 0) is 71.3 Å². The summed E-state index contributed by atoms with van der Waals surface area (Å²) in [6.07, 6.45) is -13.6. The molecular formula is C34H38O15. The maximum atomic E-state index is 12.5. The van der Waals surface area contributed by atoms with Crippen molar-refractivity contribution >= 4 is 23.9 Å². The second-order valence-electron chi connectivity index (χ2n) is 11.9. The van der Waals surface area contributed by atoms with Gasteiger partial charge in [0.2, 0.25) is 6.29 Å². The summed E-state index contributed by atoms with van der Waals surface area (Å²) in [5.74, 6) is -2.84.